The number of rotatable bonds is 7. The van der Waals surface area contributed by atoms with Crippen molar-refractivity contribution in [3.05, 3.63) is 48.2 Å². The van der Waals surface area contributed by atoms with Gasteiger partial charge in [0.2, 0.25) is 0 Å². The lowest BCUT2D eigenvalue weighted by atomic mass is 10.1. The second-order valence-corrected chi connectivity index (χ2v) is 4.61. The zero-order valence-corrected chi connectivity index (χ0v) is 12.1. The SMILES string of the molecule is CCOc1ccc(-c2ccc(CCCOC)cn2)cc1. The van der Waals surface area contributed by atoms with Crippen LogP contribution in [-0.2, 0) is 11.2 Å². The molecular weight excluding hydrogens is 250 g/mol. The van der Waals surface area contributed by atoms with Crippen LogP contribution in [0, 0.1) is 0 Å². The first-order valence-corrected chi connectivity index (χ1v) is 7.00. The normalized spacial score (nSPS) is 10.5. The summed E-state index contributed by atoms with van der Waals surface area (Å²) >= 11 is 0. The van der Waals surface area contributed by atoms with Crippen molar-refractivity contribution in [2.45, 2.75) is 19.8 Å². The minimum Gasteiger partial charge on any atom is -0.494 e. The van der Waals surface area contributed by atoms with E-state index < -0.39 is 0 Å². The number of hydrogen-bond donors (Lipinski definition) is 0. The van der Waals surface area contributed by atoms with Gasteiger partial charge in [0.05, 0.1) is 12.3 Å². The highest BCUT2D eigenvalue weighted by Crippen LogP contribution is 2.21. The van der Waals surface area contributed by atoms with Crippen LogP contribution in [0.2, 0.25) is 0 Å². The van der Waals surface area contributed by atoms with E-state index >= 15 is 0 Å². The number of methoxy groups -OCH3 is 1. The van der Waals surface area contributed by atoms with Gasteiger partial charge in [-0.15, -0.1) is 0 Å². The van der Waals surface area contributed by atoms with Gasteiger partial charge in [0.25, 0.3) is 0 Å². The highest BCUT2D eigenvalue weighted by Gasteiger charge is 2.01. The molecule has 0 atom stereocenters. The van der Waals surface area contributed by atoms with Gasteiger partial charge in [-0.3, -0.25) is 4.98 Å². The van der Waals surface area contributed by atoms with Crippen molar-refractivity contribution in [2.75, 3.05) is 20.3 Å². The van der Waals surface area contributed by atoms with Gasteiger partial charge in [0.1, 0.15) is 5.75 Å². The van der Waals surface area contributed by atoms with E-state index in [0.29, 0.717) is 6.61 Å². The van der Waals surface area contributed by atoms with Crippen LogP contribution < -0.4 is 4.74 Å². The van der Waals surface area contributed by atoms with Gasteiger partial charge in [-0.2, -0.15) is 0 Å². The van der Waals surface area contributed by atoms with Crippen LogP contribution >= 0.6 is 0 Å². The molecule has 1 aromatic carbocycles. The van der Waals surface area contributed by atoms with E-state index in [1.165, 1.54) is 5.56 Å². The Bertz CT molecular complexity index is 506. The molecule has 0 bridgehead atoms. The smallest absolute Gasteiger partial charge is 0.119 e. The number of ether oxygens (including phenoxy) is 2. The molecular formula is C17H21NO2. The van der Waals surface area contributed by atoms with E-state index in [4.69, 9.17) is 9.47 Å². The van der Waals surface area contributed by atoms with Crippen molar-refractivity contribution >= 4 is 0 Å². The average molecular weight is 271 g/mol. The minimum atomic E-state index is 0.688. The van der Waals surface area contributed by atoms with Crippen LogP contribution in [-0.4, -0.2) is 25.3 Å². The highest BCUT2D eigenvalue weighted by atomic mass is 16.5. The molecule has 2 aromatic rings. The molecule has 0 fully saturated rings. The van der Waals surface area contributed by atoms with Gasteiger partial charge in [-0.25, -0.2) is 0 Å². The molecule has 0 aliphatic rings. The maximum Gasteiger partial charge on any atom is 0.119 e. The number of nitrogens with zero attached hydrogens (tertiary/aromatic N) is 1. The molecule has 0 amide bonds. The molecule has 2 rings (SSSR count). The molecule has 106 valence electrons. The van der Waals surface area contributed by atoms with Crippen LogP contribution in [0.25, 0.3) is 11.3 Å². The van der Waals surface area contributed by atoms with Crippen molar-refractivity contribution in [3.63, 3.8) is 0 Å². The first kappa shape index (κ1) is 14.5. The molecule has 0 N–H and O–H groups in total. The molecule has 0 aliphatic carbocycles. The molecule has 20 heavy (non-hydrogen) atoms. The Labute approximate surface area is 120 Å². The fourth-order valence-electron chi connectivity index (χ4n) is 2.05. The maximum absolute atomic E-state index is 5.44. The molecule has 0 saturated heterocycles. The molecule has 1 heterocycles. The van der Waals surface area contributed by atoms with Crippen molar-refractivity contribution < 1.29 is 9.47 Å². The fourth-order valence-corrected chi connectivity index (χ4v) is 2.05. The second kappa shape index (κ2) is 7.65. The summed E-state index contributed by atoms with van der Waals surface area (Å²) in [5.41, 5.74) is 3.34. The second-order valence-electron chi connectivity index (χ2n) is 4.61. The topological polar surface area (TPSA) is 31.4 Å². The summed E-state index contributed by atoms with van der Waals surface area (Å²) in [6, 6.07) is 12.2. The van der Waals surface area contributed by atoms with E-state index in [1.54, 1.807) is 7.11 Å². The van der Waals surface area contributed by atoms with Gasteiger partial charge in [0, 0.05) is 25.5 Å². The Morgan fingerprint density at radius 2 is 1.85 bits per heavy atom. The van der Waals surface area contributed by atoms with Crippen LogP contribution in [0.4, 0.5) is 0 Å². The van der Waals surface area contributed by atoms with E-state index in [9.17, 15) is 0 Å². The van der Waals surface area contributed by atoms with Crippen LogP contribution in [0.3, 0.4) is 0 Å². The largest absolute Gasteiger partial charge is 0.494 e. The summed E-state index contributed by atoms with van der Waals surface area (Å²) in [4.78, 5) is 4.52. The average Bonchev–Trinajstić information content (AvgIpc) is 2.49. The highest BCUT2D eigenvalue weighted by molar-refractivity contribution is 5.60. The summed E-state index contributed by atoms with van der Waals surface area (Å²) in [6.07, 6.45) is 3.98. The Balaban J connectivity index is 2.01. The number of aromatic nitrogens is 1. The third kappa shape index (κ3) is 4.07. The maximum atomic E-state index is 5.44. The minimum absolute atomic E-state index is 0.688. The van der Waals surface area contributed by atoms with E-state index in [0.717, 1.165) is 36.5 Å². The molecule has 3 heteroatoms. The quantitative estimate of drug-likeness (QED) is 0.719. The zero-order chi connectivity index (χ0) is 14.2. The summed E-state index contributed by atoms with van der Waals surface area (Å²) in [5.74, 6) is 0.896. The predicted molar refractivity (Wildman–Crippen MR) is 81.0 cm³/mol. The number of benzene rings is 1. The Morgan fingerprint density at radius 1 is 1.05 bits per heavy atom. The molecule has 0 saturated carbocycles. The Morgan fingerprint density at radius 3 is 2.45 bits per heavy atom. The number of hydrogen-bond acceptors (Lipinski definition) is 3. The first-order chi connectivity index (χ1) is 9.83. The van der Waals surface area contributed by atoms with Gasteiger partial charge < -0.3 is 9.47 Å². The molecule has 1 aromatic heterocycles. The van der Waals surface area contributed by atoms with Gasteiger partial charge in [-0.05, 0) is 55.7 Å². The van der Waals surface area contributed by atoms with Crippen LogP contribution in [0.15, 0.2) is 42.6 Å². The van der Waals surface area contributed by atoms with Gasteiger partial charge >= 0.3 is 0 Å². The van der Waals surface area contributed by atoms with Crippen LogP contribution in [0.5, 0.6) is 5.75 Å². The molecule has 0 radical (unpaired) electrons. The number of aryl methyl sites for hydroxylation is 1. The monoisotopic (exact) mass is 271 g/mol. The predicted octanol–water partition coefficient (Wildman–Crippen LogP) is 3.73. The summed E-state index contributed by atoms with van der Waals surface area (Å²) in [7, 11) is 1.73. The lowest BCUT2D eigenvalue weighted by Crippen LogP contribution is -1.94. The third-order valence-corrected chi connectivity index (χ3v) is 3.10. The lowest BCUT2D eigenvalue weighted by molar-refractivity contribution is 0.195. The molecule has 3 nitrogen and oxygen atoms in total. The zero-order valence-electron chi connectivity index (χ0n) is 12.1. The van der Waals surface area contributed by atoms with Gasteiger partial charge in [-0.1, -0.05) is 6.07 Å². The van der Waals surface area contributed by atoms with E-state index in [2.05, 4.69) is 17.1 Å². The van der Waals surface area contributed by atoms with Crippen molar-refractivity contribution in [1.82, 2.24) is 4.98 Å². The molecule has 0 unspecified atom stereocenters. The summed E-state index contributed by atoms with van der Waals surface area (Å²) in [6.45, 7) is 3.46. The standard InChI is InChI=1S/C17H21NO2/c1-3-20-16-9-7-15(8-10-16)17-11-6-14(13-18-17)5-4-12-19-2/h6-11,13H,3-5,12H2,1-2H3. The van der Waals surface area contributed by atoms with E-state index in [-0.39, 0.29) is 0 Å². The Hall–Kier alpha value is -1.87. The summed E-state index contributed by atoms with van der Waals surface area (Å²) < 4.78 is 10.5. The fraction of sp³-hybridized carbons (Fsp3) is 0.353. The number of pyridine rings is 1. The molecule has 0 spiro atoms. The summed E-state index contributed by atoms with van der Waals surface area (Å²) in [5, 5.41) is 0. The van der Waals surface area contributed by atoms with Crippen molar-refractivity contribution in [3.8, 4) is 17.0 Å². The first-order valence-electron chi connectivity index (χ1n) is 7.00. The van der Waals surface area contributed by atoms with Crippen LogP contribution in [0.1, 0.15) is 18.9 Å². The van der Waals surface area contributed by atoms with Crippen molar-refractivity contribution in [2.24, 2.45) is 0 Å². The lowest BCUT2D eigenvalue weighted by Gasteiger charge is -2.06. The third-order valence-electron chi connectivity index (χ3n) is 3.10. The van der Waals surface area contributed by atoms with E-state index in [1.807, 2.05) is 37.4 Å². The van der Waals surface area contributed by atoms with Gasteiger partial charge in [0.15, 0.2) is 0 Å². The van der Waals surface area contributed by atoms with Crippen molar-refractivity contribution in [1.29, 1.82) is 0 Å². The molecule has 0 aliphatic heterocycles. The Kier molecular flexibility index (Phi) is 5.56.